The van der Waals surface area contributed by atoms with Gasteiger partial charge in [0.25, 0.3) is 0 Å². The van der Waals surface area contributed by atoms with Gasteiger partial charge in [0, 0.05) is 12.8 Å². The Morgan fingerprint density at radius 1 is 0.179 bits per heavy atom. The maximum absolute atomic E-state index is 12.3. The molecule has 0 amide bonds. The molecule has 0 bridgehead atoms. The predicted molar refractivity (Wildman–Crippen MR) is 256 cm³/mol. The van der Waals surface area contributed by atoms with E-state index in [0.29, 0.717) is 5.78 Å². The molecule has 0 fully saturated rings. The van der Waals surface area contributed by atoms with Gasteiger partial charge in [0.05, 0.1) is 0 Å². The molecule has 0 atom stereocenters. The van der Waals surface area contributed by atoms with Crippen molar-refractivity contribution in [2.24, 2.45) is 0 Å². The standard InChI is InChI=1S/C55H110O/c1-3-5-7-9-11-13-15-17-19-21-23-25-27-29-31-33-35-37-39-41-43-45-47-49-51-53-55(56)54-52-50-48-46-44-42-40-38-36-34-32-30-28-26-24-22-20-18-16-14-12-10-8-6-4-2/h3-54H2,1-2H3. The van der Waals surface area contributed by atoms with Crippen LogP contribution in [0.15, 0.2) is 0 Å². The molecule has 0 N–H and O–H groups in total. The topological polar surface area (TPSA) is 17.1 Å². The van der Waals surface area contributed by atoms with Crippen LogP contribution >= 0.6 is 0 Å². The molecular formula is C55H110O. The molecular weight excluding hydrogens is 677 g/mol. The zero-order chi connectivity index (χ0) is 40.3. The van der Waals surface area contributed by atoms with Crippen LogP contribution in [0.1, 0.15) is 348 Å². The van der Waals surface area contributed by atoms with Crippen molar-refractivity contribution in [1.29, 1.82) is 0 Å². The summed E-state index contributed by atoms with van der Waals surface area (Å²) < 4.78 is 0. The first-order valence-corrected chi connectivity index (χ1v) is 27.3. The molecule has 0 aromatic rings. The largest absolute Gasteiger partial charge is 0.300 e. The van der Waals surface area contributed by atoms with E-state index in [0.717, 1.165) is 25.7 Å². The molecule has 0 spiro atoms. The minimum absolute atomic E-state index is 0.535. The quantitative estimate of drug-likeness (QED) is 0.0561. The number of ketones is 1. The predicted octanol–water partition coefficient (Wildman–Crippen LogP) is 20.9. The second-order valence-corrected chi connectivity index (χ2v) is 19.0. The summed E-state index contributed by atoms with van der Waals surface area (Å²) in [5.74, 6) is 0.535. The highest BCUT2D eigenvalue weighted by molar-refractivity contribution is 5.78. The minimum Gasteiger partial charge on any atom is -0.300 e. The fourth-order valence-electron chi connectivity index (χ4n) is 9.05. The first-order valence-electron chi connectivity index (χ1n) is 27.3. The molecule has 0 saturated heterocycles. The van der Waals surface area contributed by atoms with Crippen LogP contribution in [0.3, 0.4) is 0 Å². The number of hydrogen-bond donors (Lipinski definition) is 0. The fraction of sp³-hybridized carbons (Fsp3) is 0.982. The Balaban J connectivity index is 3.14. The van der Waals surface area contributed by atoms with Crippen LogP contribution in [-0.2, 0) is 4.79 Å². The van der Waals surface area contributed by atoms with Gasteiger partial charge in [-0.15, -0.1) is 0 Å². The van der Waals surface area contributed by atoms with Crippen molar-refractivity contribution >= 4 is 5.78 Å². The molecule has 1 heteroatoms. The molecule has 0 aromatic carbocycles. The highest BCUT2D eigenvalue weighted by Gasteiger charge is 2.03. The Labute approximate surface area is 357 Å². The maximum atomic E-state index is 12.3. The third kappa shape index (κ3) is 51.7. The summed E-state index contributed by atoms with van der Waals surface area (Å²) in [6, 6.07) is 0. The van der Waals surface area contributed by atoms with Crippen LogP contribution in [0.5, 0.6) is 0 Å². The Morgan fingerprint density at radius 2 is 0.286 bits per heavy atom. The summed E-state index contributed by atoms with van der Waals surface area (Å²) in [7, 11) is 0. The van der Waals surface area contributed by atoms with Crippen molar-refractivity contribution in [2.75, 3.05) is 0 Å². The second kappa shape index (κ2) is 52.7. The third-order valence-electron chi connectivity index (χ3n) is 13.1. The second-order valence-electron chi connectivity index (χ2n) is 19.0. The van der Waals surface area contributed by atoms with Crippen LogP contribution in [0, 0.1) is 0 Å². The highest BCUT2D eigenvalue weighted by Crippen LogP contribution is 2.18. The summed E-state index contributed by atoms with van der Waals surface area (Å²) in [4.78, 5) is 12.3. The molecule has 0 heterocycles. The summed E-state index contributed by atoms with van der Waals surface area (Å²) in [5, 5.41) is 0. The maximum Gasteiger partial charge on any atom is 0.132 e. The number of rotatable bonds is 52. The van der Waals surface area contributed by atoms with Gasteiger partial charge in [-0.2, -0.15) is 0 Å². The summed E-state index contributed by atoms with van der Waals surface area (Å²) in [6.07, 6.45) is 73.2. The minimum atomic E-state index is 0.535. The van der Waals surface area contributed by atoms with E-state index in [4.69, 9.17) is 0 Å². The smallest absolute Gasteiger partial charge is 0.132 e. The van der Waals surface area contributed by atoms with E-state index in [2.05, 4.69) is 13.8 Å². The first kappa shape index (κ1) is 55.7. The zero-order valence-electron chi connectivity index (χ0n) is 39.7. The first-order chi connectivity index (χ1) is 27.8. The van der Waals surface area contributed by atoms with E-state index in [1.807, 2.05) is 0 Å². The van der Waals surface area contributed by atoms with Gasteiger partial charge in [-0.05, 0) is 12.8 Å². The van der Waals surface area contributed by atoms with Gasteiger partial charge in [0.2, 0.25) is 0 Å². The fourth-order valence-corrected chi connectivity index (χ4v) is 9.05. The van der Waals surface area contributed by atoms with Gasteiger partial charge in [0.1, 0.15) is 5.78 Å². The molecule has 0 unspecified atom stereocenters. The number of carbonyl (C=O) groups is 1. The van der Waals surface area contributed by atoms with E-state index >= 15 is 0 Å². The lowest BCUT2D eigenvalue weighted by atomic mass is 10.0. The van der Waals surface area contributed by atoms with Crippen LogP contribution in [0.25, 0.3) is 0 Å². The van der Waals surface area contributed by atoms with E-state index in [1.54, 1.807) is 0 Å². The normalized spacial score (nSPS) is 11.6. The lowest BCUT2D eigenvalue weighted by Crippen LogP contribution is -1.97. The summed E-state index contributed by atoms with van der Waals surface area (Å²) in [5.41, 5.74) is 0. The monoisotopic (exact) mass is 787 g/mol. The van der Waals surface area contributed by atoms with Gasteiger partial charge < -0.3 is 0 Å². The summed E-state index contributed by atoms with van der Waals surface area (Å²) in [6.45, 7) is 4.61. The molecule has 336 valence electrons. The van der Waals surface area contributed by atoms with Gasteiger partial charge in [-0.1, -0.05) is 322 Å². The summed E-state index contributed by atoms with van der Waals surface area (Å²) >= 11 is 0. The van der Waals surface area contributed by atoms with Crippen molar-refractivity contribution in [3.63, 3.8) is 0 Å². The third-order valence-corrected chi connectivity index (χ3v) is 13.1. The van der Waals surface area contributed by atoms with Crippen molar-refractivity contribution in [3.05, 3.63) is 0 Å². The molecule has 0 aliphatic heterocycles. The highest BCUT2D eigenvalue weighted by atomic mass is 16.1. The van der Waals surface area contributed by atoms with Crippen molar-refractivity contribution < 1.29 is 4.79 Å². The van der Waals surface area contributed by atoms with Gasteiger partial charge in [-0.25, -0.2) is 0 Å². The van der Waals surface area contributed by atoms with Crippen LogP contribution in [0.4, 0.5) is 0 Å². The van der Waals surface area contributed by atoms with Gasteiger partial charge in [-0.3, -0.25) is 4.79 Å². The average molecular weight is 787 g/mol. The Hall–Kier alpha value is -0.330. The Morgan fingerprint density at radius 3 is 0.411 bits per heavy atom. The molecule has 1 nitrogen and oxygen atoms in total. The number of hydrogen-bond acceptors (Lipinski definition) is 1. The number of unbranched alkanes of at least 4 members (excludes halogenated alkanes) is 48. The van der Waals surface area contributed by atoms with Crippen molar-refractivity contribution in [2.45, 2.75) is 348 Å². The molecule has 0 aliphatic rings. The molecule has 56 heavy (non-hydrogen) atoms. The molecule has 0 radical (unpaired) electrons. The lowest BCUT2D eigenvalue weighted by Gasteiger charge is -2.05. The molecule has 0 aliphatic carbocycles. The van der Waals surface area contributed by atoms with Crippen LogP contribution < -0.4 is 0 Å². The number of carbonyl (C=O) groups excluding carboxylic acids is 1. The van der Waals surface area contributed by atoms with E-state index in [1.165, 1.54) is 308 Å². The zero-order valence-corrected chi connectivity index (χ0v) is 39.7. The number of Topliss-reactive ketones (excluding diaryl/α,β-unsaturated/α-hetero) is 1. The van der Waals surface area contributed by atoms with Gasteiger partial charge >= 0.3 is 0 Å². The molecule has 0 rings (SSSR count). The van der Waals surface area contributed by atoms with E-state index in [-0.39, 0.29) is 0 Å². The molecule has 0 saturated carbocycles. The van der Waals surface area contributed by atoms with Crippen molar-refractivity contribution in [1.82, 2.24) is 0 Å². The Bertz CT molecular complexity index is 627. The average Bonchev–Trinajstić information content (AvgIpc) is 3.20. The van der Waals surface area contributed by atoms with Crippen LogP contribution in [0.2, 0.25) is 0 Å². The lowest BCUT2D eigenvalue weighted by molar-refractivity contribution is -0.119. The van der Waals surface area contributed by atoms with Crippen molar-refractivity contribution in [3.8, 4) is 0 Å². The Kier molecular flexibility index (Phi) is 52.4. The van der Waals surface area contributed by atoms with Gasteiger partial charge in [0.15, 0.2) is 0 Å². The van der Waals surface area contributed by atoms with Crippen LogP contribution in [-0.4, -0.2) is 5.78 Å². The SMILES string of the molecule is CCCCCCCCCCCCCCCCCCCCCCCCCCCC(=O)CCCCCCCCCCCCCCCCCCCCCCCCCCC. The van der Waals surface area contributed by atoms with E-state index < -0.39 is 0 Å². The van der Waals surface area contributed by atoms with E-state index in [9.17, 15) is 4.79 Å². The molecule has 0 aromatic heterocycles.